The predicted molar refractivity (Wildman–Crippen MR) is 114 cm³/mol. The fraction of sp³-hybridized carbons (Fsp3) is 0.348. The fourth-order valence-electron chi connectivity index (χ4n) is 3.54. The second-order valence-corrected chi connectivity index (χ2v) is 7.76. The summed E-state index contributed by atoms with van der Waals surface area (Å²) in [6, 6.07) is 13.0. The summed E-state index contributed by atoms with van der Waals surface area (Å²) in [5, 5.41) is 3.52. The van der Waals surface area contributed by atoms with Crippen molar-refractivity contribution in [1.29, 1.82) is 0 Å². The van der Waals surface area contributed by atoms with E-state index in [1.54, 1.807) is 6.33 Å². The van der Waals surface area contributed by atoms with Gasteiger partial charge in [-0.3, -0.25) is 0 Å². The number of pyridine rings is 1. The van der Waals surface area contributed by atoms with Crippen LogP contribution in [0.2, 0.25) is 0 Å². The highest BCUT2D eigenvalue weighted by Crippen LogP contribution is 2.26. The van der Waals surface area contributed by atoms with E-state index in [9.17, 15) is 0 Å². The van der Waals surface area contributed by atoms with Crippen LogP contribution in [0, 0.1) is 6.92 Å². The molecule has 0 aliphatic carbocycles. The standard InChI is InChI=1S/C23H27N5/c1-16(2)19-7-5-18(6-8-19)13-25-23-20-14-28(11-10-21(20)26-15-27-23)22-9-4-17(3)12-24-22/h4-9,12,15-16H,10-11,13-14H2,1-3H3,(H,25,26,27). The van der Waals surface area contributed by atoms with Crippen LogP contribution in [0.25, 0.3) is 0 Å². The summed E-state index contributed by atoms with van der Waals surface area (Å²) in [4.78, 5) is 15.9. The summed E-state index contributed by atoms with van der Waals surface area (Å²) in [6.45, 7) is 8.96. The summed E-state index contributed by atoms with van der Waals surface area (Å²) < 4.78 is 0. The highest BCUT2D eigenvalue weighted by Gasteiger charge is 2.22. The molecule has 0 atom stereocenters. The van der Waals surface area contributed by atoms with Crippen molar-refractivity contribution >= 4 is 11.6 Å². The number of aryl methyl sites for hydroxylation is 1. The van der Waals surface area contributed by atoms with Gasteiger partial charge in [0.15, 0.2) is 0 Å². The second-order valence-electron chi connectivity index (χ2n) is 7.76. The summed E-state index contributed by atoms with van der Waals surface area (Å²) in [7, 11) is 0. The van der Waals surface area contributed by atoms with E-state index in [0.29, 0.717) is 5.92 Å². The molecule has 1 aliphatic heterocycles. The number of hydrogen-bond donors (Lipinski definition) is 1. The number of fused-ring (bicyclic) bond motifs is 1. The van der Waals surface area contributed by atoms with E-state index < -0.39 is 0 Å². The minimum atomic E-state index is 0.553. The minimum absolute atomic E-state index is 0.553. The summed E-state index contributed by atoms with van der Waals surface area (Å²) in [5.41, 5.74) is 6.11. The van der Waals surface area contributed by atoms with E-state index in [0.717, 1.165) is 43.4 Å². The maximum atomic E-state index is 4.59. The fourth-order valence-corrected chi connectivity index (χ4v) is 3.54. The number of nitrogens with one attached hydrogen (secondary N) is 1. The first-order chi connectivity index (χ1) is 13.6. The van der Waals surface area contributed by atoms with E-state index in [1.807, 2.05) is 6.20 Å². The van der Waals surface area contributed by atoms with Gasteiger partial charge in [-0.2, -0.15) is 0 Å². The Labute approximate surface area is 166 Å². The Kier molecular flexibility index (Phi) is 5.24. The van der Waals surface area contributed by atoms with Crippen molar-refractivity contribution in [2.45, 2.75) is 46.2 Å². The number of nitrogens with zero attached hydrogens (tertiary/aromatic N) is 4. The van der Waals surface area contributed by atoms with Gasteiger partial charge in [-0.1, -0.05) is 44.2 Å². The molecule has 4 rings (SSSR count). The molecule has 5 heteroatoms. The molecule has 1 aliphatic rings. The van der Waals surface area contributed by atoms with Gasteiger partial charge in [0.1, 0.15) is 18.0 Å². The number of rotatable bonds is 5. The molecule has 0 fully saturated rings. The lowest BCUT2D eigenvalue weighted by molar-refractivity contribution is 0.697. The zero-order chi connectivity index (χ0) is 19.5. The van der Waals surface area contributed by atoms with Crippen LogP contribution in [0.3, 0.4) is 0 Å². The second kappa shape index (κ2) is 7.97. The van der Waals surface area contributed by atoms with E-state index in [2.05, 4.69) is 82.3 Å². The molecule has 1 aromatic carbocycles. The molecule has 144 valence electrons. The Balaban J connectivity index is 1.50. The normalized spacial score (nSPS) is 13.5. The molecule has 0 spiro atoms. The quantitative estimate of drug-likeness (QED) is 0.715. The van der Waals surface area contributed by atoms with Crippen LogP contribution in [0.5, 0.6) is 0 Å². The van der Waals surface area contributed by atoms with Crippen LogP contribution >= 0.6 is 0 Å². The Morgan fingerprint density at radius 1 is 1.04 bits per heavy atom. The zero-order valence-corrected chi connectivity index (χ0v) is 16.8. The number of benzene rings is 1. The van der Waals surface area contributed by atoms with Crippen molar-refractivity contribution in [3.63, 3.8) is 0 Å². The van der Waals surface area contributed by atoms with Gasteiger partial charge in [0.05, 0.1) is 5.69 Å². The topological polar surface area (TPSA) is 53.9 Å². The van der Waals surface area contributed by atoms with Crippen LogP contribution < -0.4 is 10.2 Å². The van der Waals surface area contributed by atoms with Crippen molar-refractivity contribution in [3.05, 3.63) is 76.9 Å². The molecular weight excluding hydrogens is 346 g/mol. The molecule has 0 radical (unpaired) electrons. The third kappa shape index (κ3) is 3.98. The Bertz CT molecular complexity index is 932. The monoisotopic (exact) mass is 373 g/mol. The number of anilines is 2. The number of hydrogen-bond acceptors (Lipinski definition) is 5. The lowest BCUT2D eigenvalue weighted by Gasteiger charge is -2.30. The van der Waals surface area contributed by atoms with Crippen LogP contribution in [-0.2, 0) is 19.5 Å². The largest absolute Gasteiger partial charge is 0.366 e. The predicted octanol–water partition coefficient (Wildman–Crippen LogP) is 4.48. The molecule has 3 aromatic rings. The molecule has 0 amide bonds. The molecule has 0 saturated heterocycles. The molecule has 0 unspecified atom stereocenters. The van der Waals surface area contributed by atoms with Crippen molar-refractivity contribution in [2.75, 3.05) is 16.8 Å². The summed E-state index contributed by atoms with van der Waals surface area (Å²) in [6.07, 6.45) is 4.50. The number of aromatic nitrogens is 3. The van der Waals surface area contributed by atoms with Crippen LogP contribution in [0.4, 0.5) is 11.6 Å². The van der Waals surface area contributed by atoms with Crippen LogP contribution in [0.15, 0.2) is 48.9 Å². The molecule has 28 heavy (non-hydrogen) atoms. The Morgan fingerprint density at radius 2 is 1.86 bits per heavy atom. The van der Waals surface area contributed by atoms with Crippen molar-refractivity contribution in [1.82, 2.24) is 15.0 Å². The van der Waals surface area contributed by atoms with Gasteiger partial charge in [0, 0.05) is 37.8 Å². The molecule has 1 N–H and O–H groups in total. The first kappa shape index (κ1) is 18.4. The SMILES string of the molecule is Cc1ccc(N2CCc3ncnc(NCc4ccc(C(C)C)cc4)c3C2)nc1. The van der Waals surface area contributed by atoms with Gasteiger partial charge >= 0.3 is 0 Å². The van der Waals surface area contributed by atoms with Crippen molar-refractivity contribution in [2.24, 2.45) is 0 Å². The Hall–Kier alpha value is -2.95. The third-order valence-electron chi connectivity index (χ3n) is 5.33. The highest BCUT2D eigenvalue weighted by atomic mass is 15.2. The molecular formula is C23H27N5. The average molecular weight is 374 g/mol. The van der Waals surface area contributed by atoms with Crippen molar-refractivity contribution < 1.29 is 0 Å². The summed E-state index contributed by atoms with van der Waals surface area (Å²) in [5.74, 6) is 2.49. The summed E-state index contributed by atoms with van der Waals surface area (Å²) >= 11 is 0. The maximum absolute atomic E-state index is 4.59. The van der Waals surface area contributed by atoms with E-state index in [-0.39, 0.29) is 0 Å². The first-order valence-corrected chi connectivity index (χ1v) is 9.93. The molecule has 5 nitrogen and oxygen atoms in total. The zero-order valence-electron chi connectivity index (χ0n) is 16.8. The van der Waals surface area contributed by atoms with Gasteiger partial charge in [0.2, 0.25) is 0 Å². The van der Waals surface area contributed by atoms with Gasteiger partial charge in [-0.25, -0.2) is 15.0 Å². The third-order valence-corrected chi connectivity index (χ3v) is 5.33. The average Bonchev–Trinajstić information content (AvgIpc) is 2.72. The van der Waals surface area contributed by atoms with Crippen LogP contribution in [0.1, 0.15) is 47.7 Å². The van der Waals surface area contributed by atoms with E-state index in [4.69, 9.17) is 0 Å². The molecule has 0 bridgehead atoms. The smallest absolute Gasteiger partial charge is 0.134 e. The van der Waals surface area contributed by atoms with Gasteiger partial charge in [-0.05, 0) is 35.6 Å². The molecule has 0 saturated carbocycles. The van der Waals surface area contributed by atoms with Gasteiger partial charge in [-0.15, -0.1) is 0 Å². The highest BCUT2D eigenvalue weighted by molar-refractivity contribution is 5.52. The van der Waals surface area contributed by atoms with Crippen molar-refractivity contribution in [3.8, 4) is 0 Å². The minimum Gasteiger partial charge on any atom is -0.366 e. The lowest BCUT2D eigenvalue weighted by Crippen LogP contribution is -2.32. The molecule has 2 aromatic heterocycles. The lowest BCUT2D eigenvalue weighted by atomic mass is 10.0. The first-order valence-electron chi connectivity index (χ1n) is 9.93. The maximum Gasteiger partial charge on any atom is 0.134 e. The van der Waals surface area contributed by atoms with E-state index >= 15 is 0 Å². The van der Waals surface area contributed by atoms with Gasteiger partial charge in [0.25, 0.3) is 0 Å². The molecule has 3 heterocycles. The van der Waals surface area contributed by atoms with Gasteiger partial charge < -0.3 is 10.2 Å². The Morgan fingerprint density at radius 3 is 2.57 bits per heavy atom. The van der Waals surface area contributed by atoms with Crippen LogP contribution in [-0.4, -0.2) is 21.5 Å². The van der Waals surface area contributed by atoms with E-state index in [1.165, 1.54) is 22.3 Å².